The minimum Gasteiger partial charge on any atom is -0.444 e. The molecule has 3 aliphatic rings. The van der Waals surface area contributed by atoms with Gasteiger partial charge in [0.1, 0.15) is 17.2 Å². The molecule has 3 atom stereocenters. The Labute approximate surface area is 368 Å². The highest BCUT2D eigenvalue weighted by Crippen LogP contribution is 2.46. The number of amides is 5. The van der Waals surface area contributed by atoms with E-state index in [1.54, 1.807) is 29.2 Å². The number of tetrazole rings is 1. The SMILES string of the molecule is Cc1cc(C(=O)NC2C3CN(C(=O)OC(C)(C)C)CC32)ccc1-c1cccc(C[C@H](NC(=O)[C@H]2CC[C@H](CNC(=O)OC(C)(C)C)CC2)C(=O)Nc2ccc(-c3nnn[nH]3)cc2)c1. The third kappa shape index (κ3) is 11.8. The van der Waals surface area contributed by atoms with E-state index in [9.17, 15) is 24.0 Å². The molecule has 2 aliphatic carbocycles. The van der Waals surface area contributed by atoms with Gasteiger partial charge in [-0.2, -0.15) is 0 Å². The molecule has 16 heteroatoms. The number of anilines is 1. The number of hydrogen-bond acceptors (Lipinski definition) is 10. The minimum atomic E-state index is -0.886. The number of likely N-dealkylation sites (tertiary alicyclic amines) is 1. The Morgan fingerprint density at radius 1 is 0.841 bits per heavy atom. The molecule has 16 nitrogen and oxygen atoms in total. The van der Waals surface area contributed by atoms with Crippen LogP contribution in [0.5, 0.6) is 0 Å². The van der Waals surface area contributed by atoms with Gasteiger partial charge in [0.25, 0.3) is 5.91 Å². The summed E-state index contributed by atoms with van der Waals surface area (Å²) in [5.74, 6) is 0.196. The fourth-order valence-electron chi connectivity index (χ4n) is 8.57. The highest BCUT2D eigenvalue weighted by atomic mass is 16.6. The Bertz CT molecular complexity index is 2280. The standard InChI is InChI=1S/C47H59N9O7/c1-27-21-33(42(58)51-39-36-25-56(26-37(36)39)45(61)63-47(5,6)7)17-20-35(27)32-10-8-9-29(22-32)23-38(43(59)49-34-18-15-30(16-19-34)40-52-54-55-53-40)50-41(57)31-13-11-28(12-14-31)24-48-44(60)62-46(2,3)4/h8-10,15-22,28,31,36-39H,11-14,23-26H2,1-7H3,(H,48,60)(H,49,59)(H,50,57)(H,51,58)(H,52,53,54,55)/t28-,31-,36?,37?,38-,39?/m0/s1. The monoisotopic (exact) mass is 861 g/mol. The molecule has 2 heterocycles. The van der Waals surface area contributed by atoms with E-state index in [1.807, 2.05) is 90.9 Å². The maximum absolute atomic E-state index is 14.0. The average molecular weight is 862 g/mol. The van der Waals surface area contributed by atoms with Gasteiger partial charge in [0.2, 0.25) is 11.8 Å². The summed E-state index contributed by atoms with van der Waals surface area (Å²) < 4.78 is 10.9. The van der Waals surface area contributed by atoms with Gasteiger partial charge in [-0.3, -0.25) is 14.4 Å². The van der Waals surface area contributed by atoms with E-state index in [1.165, 1.54) is 0 Å². The lowest BCUT2D eigenvalue weighted by Crippen LogP contribution is -2.48. The van der Waals surface area contributed by atoms with Crippen LogP contribution in [0.4, 0.5) is 15.3 Å². The minimum absolute atomic E-state index is 0.0258. The zero-order valence-corrected chi connectivity index (χ0v) is 37.1. The fraction of sp³-hybridized carbons (Fsp3) is 0.489. The third-order valence-corrected chi connectivity index (χ3v) is 11.9. The van der Waals surface area contributed by atoms with Gasteiger partial charge in [-0.15, -0.1) is 5.10 Å². The molecule has 0 bridgehead atoms. The van der Waals surface area contributed by atoms with Gasteiger partial charge < -0.3 is 35.6 Å². The summed E-state index contributed by atoms with van der Waals surface area (Å²) in [4.78, 5) is 67.7. The van der Waals surface area contributed by atoms with Crippen LogP contribution in [0.2, 0.25) is 0 Å². The maximum Gasteiger partial charge on any atom is 0.410 e. The van der Waals surface area contributed by atoms with Crippen LogP contribution in [0.1, 0.15) is 88.7 Å². The number of ether oxygens (including phenoxy) is 2. The second-order valence-electron chi connectivity index (χ2n) is 19.1. The number of hydrogen-bond donors (Lipinski definition) is 5. The number of alkyl carbamates (subject to hydrolysis) is 1. The van der Waals surface area contributed by atoms with Gasteiger partial charge in [0.15, 0.2) is 5.82 Å². The number of fused-ring (bicyclic) bond motifs is 1. The Balaban J connectivity index is 0.989. The third-order valence-electron chi connectivity index (χ3n) is 11.9. The van der Waals surface area contributed by atoms with E-state index >= 15 is 0 Å². The van der Waals surface area contributed by atoms with Crippen LogP contribution in [-0.4, -0.2) is 98.4 Å². The fourth-order valence-corrected chi connectivity index (χ4v) is 8.57. The van der Waals surface area contributed by atoms with E-state index in [4.69, 9.17) is 9.47 Å². The molecule has 334 valence electrons. The van der Waals surface area contributed by atoms with E-state index in [0.717, 1.165) is 40.7 Å². The number of nitrogens with one attached hydrogen (secondary N) is 5. The number of carbonyl (C=O) groups is 5. The van der Waals surface area contributed by atoms with Gasteiger partial charge in [0, 0.05) is 66.7 Å². The summed E-state index contributed by atoms with van der Waals surface area (Å²) in [5, 5.41) is 26.0. The number of aryl methyl sites for hydroxylation is 1. The van der Waals surface area contributed by atoms with Gasteiger partial charge in [0.05, 0.1) is 0 Å². The smallest absolute Gasteiger partial charge is 0.410 e. The van der Waals surface area contributed by atoms with Crippen molar-refractivity contribution in [2.75, 3.05) is 25.0 Å². The molecule has 4 aromatic rings. The summed E-state index contributed by atoms with van der Waals surface area (Å²) >= 11 is 0. The van der Waals surface area contributed by atoms with Crippen LogP contribution >= 0.6 is 0 Å². The van der Waals surface area contributed by atoms with Crippen LogP contribution < -0.4 is 21.3 Å². The number of rotatable bonds is 12. The van der Waals surface area contributed by atoms with Crippen molar-refractivity contribution >= 4 is 35.6 Å². The largest absolute Gasteiger partial charge is 0.444 e. The normalized spacial score (nSPS) is 21.1. The number of piperidine rings is 1. The summed E-state index contributed by atoms with van der Waals surface area (Å²) in [6, 6.07) is 19.7. The van der Waals surface area contributed by atoms with Crippen LogP contribution in [0.3, 0.4) is 0 Å². The highest BCUT2D eigenvalue weighted by molar-refractivity contribution is 5.98. The number of benzene rings is 3. The van der Waals surface area contributed by atoms with Crippen molar-refractivity contribution in [1.82, 2.24) is 41.5 Å². The average Bonchev–Trinajstić information content (AvgIpc) is 3.59. The molecule has 0 spiro atoms. The van der Waals surface area contributed by atoms with Crippen molar-refractivity contribution in [3.8, 4) is 22.5 Å². The summed E-state index contributed by atoms with van der Waals surface area (Å²) in [6.07, 6.45) is 2.26. The second kappa shape index (κ2) is 18.6. The van der Waals surface area contributed by atoms with Crippen molar-refractivity contribution < 1.29 is 33.4 Å². The molecule has 5 amide bonds. The second-order valence-corrected chi connectivity index (χ2v) is 19.1. The first-order valence-corrected chi connectivity index (χ1v) is 21.8. The van der Waals surface area contributed by atoms with Gasteiger partial charge >= 0.3 is 12.2 Å². The molecule has 3 fully saturated rings. The Kier molecular flexibility index (Phi) is 13.2. The number of H-pyrrole nitrogens is 1. The zero-order valence-electron chi connectivity index (χ0n) is 37.1. The lowest BCUT2D eigenvalue weighted by Gasteiger charge is -2.29. The predicted molar refractivity (Wildman–Crippen MR) is 236 cm³/mol. The molecule has 2 unspecified atom stereocenters. The van der Waals surface area contributed by atoms with Crippen LogP contribution in [0, 0.1) is 30.6 Å². The summed E-state index contributed by atoms with van der Waals surface area (Å²) in [7, 11) is 0. The number of nitrogens with zero attached hydrogens (tertiary/aromatic N) is 4. The molecule has 3 aromatic carbocycles. The molecule has 2 saturated carbocycles. The van der Waals surface area contributed by atoms with E-state index in [2.05, 4.69) is 41.9 Å². The molecule has 1 aliphatic heterocycles. The van der Waals surface area contributed by atoms with Crippen LogP contribution in [0.15, 0.2) is 66.7 Å². The van der Waals surface area contributed by atoms with Crippen LogP contribution in [0.25, 0.3) is 22.5 Å². The Morgan fingerprint density at radius 2 is 1.54 bits per heavy atom. The first kappa shape index (κ1) is 44.7. The predicted octanol–water partition coefficient (Wildman–Crippen LogP) is 6.43. The molecule has 1 aromatic heterocycles. The highest BCUT2D eigenvalue weighted by Gasteiger charge is 2.58. The Morgan fingerprint density at radius 3 is 2.17 bits per heavy atom. The van der Waals surface area contributed by atoms with E-state index in [-0.39, 0.29) is 59.9 Å². The quantitative estimate of drug-likeness (QED) is 0.105. The summed E-state index contributed by atoms with van der Waals surface area (Å²) in [6.45, 7) is 14.6. The molecular weight excluding hydrogens is 803 g/mol. The summed E-state index contributed by atoms with van der Waals surface area (Å²) in [5.41, 5.74) is 4.33. The topological polar surface area (TPSA) is 210 Å². The molecular formula is C47H59N9O7. The number of aromatic amines is 1. The number of carbonyl (C=O) groups excluding carboxylic acids is 5. The van der Waals surface area contributed by atoms with Crippen molar-refractivity contribution in [3.63, 3.8) is 0 Å². The Hall–Kier alpha value is -6.32. The van der Waals surface area contributed by atoms with Crippen molar-refractivity contribution in [1.29, 1.82) is 0 Å². The lowest BCUT2D eigenvalue weighted by atomic mass is 9.81. The van der Waals surface area contributed by atoms with Crippen molar-refractivity contribution in [3.05, 3.63) is 83.4 Å². The van der Waals surface area contributed by atoms with Gasteiger partial charge in [-0.25, -0.2) is 14.7 Å². The molecule has 63 heavy (non-hydrogen) atoms. The van der Waals surface area contributed by atoms with E-state index in [0.29, 0.717) is 49.6 Å². The molecule has 5 N–H and O–H groups in total. The molecule has 7 rings (SSSR count). The molecule has 0 radical (unpaired) electrons. The van der Waals surface area contributed by atoms with Gasteiger partial charge in [-0.05, 0) is 149 Å². The van der Waals surface area contributed by atoms with E-state index < -0.39 is 23.3 Å². The maximum atomic E-state index is 14.0. The number of aromatic nitrogens is 4. The molecule has 1 saturated heterocycles. The van der Waals surface area contributed by atoms with Crippen molar-refractivity contribution in [2.24, 2.45) is 23.7 Å². The van der Waals surface area contributed by atoms with Crippen LogP contribution in [-0.2, 0) is 25.5 Å². The lowest BCUT2D eigenvalue weighted by molar-refractivity contribution is -0.130. The van der Waals surface area contributed by atoms with Crippen molar-refractivity contribution in [2.45, 2.75) is 104 Å². The van der Waals surface area contributed by atoms with Gasteiger partial charge in [-0.1, -0.05) is 30.3 Å². The zero-order chi connectivity index (χ0) is 45.1. The first-order chi connectivity index (χ1) is 29.9. The first-order valence-electron chi connectivity index (χ1n) is 21.8.